The number of fused-ring (bicyclic) bond motifs is 1. The van der Waals surface area contributed by atoms with Crippen LogP contribution in [0.4, 0.5) is 0 Å². The second-order valence-corrected chi connectivity index (χ2v) is 6.54. The molecule has 0 spiro atoms. The predicted molar refractivity (Wildman–Crippen MR) is 104 cm³/mol. The summed E-state index contributed by atoms with van der Waals surface area (Å²) in [5.41, 5.74) is 0.832. The molecule has 0 atom stereocenters. The molecule has 0 bridgehead atoms. The van der Waals surface area contributed by atoms with Gasteiger partial charge in [0.25, 0.3) is 5.89 Å². The van der Waals surface area contributed by atoms with E-state index in [1.807, 2.05) is 0 Å². The number of carbonyl (C=O) groups is 1. The van der Waals surface area contributed by atoms with Crippen LogP contribution in [-0.4, -0.2) is 43.5 Å². The highest BCUT2D eigenvalue weighted by molar-refractivity contribution is 6.32. The second-order valence-electron chi connectivity index (χ2n) is 6.14. The van der Waals surface area contributed by atoms with E-state index in [-0.39, 0.29) is 23.1 Å². The minimum absolute atomic E-state index is 0.125. The van der Waals surface area contributed by atoms with Crippen molar-refractivity contribution in [3.63, 3.8) is 0 Å². The van der Waals surface area contributed by atoms with Crippen LogP contribution in [-0.2, 0) is 11.3 Å². The zero-order valence-corrected chi connectivity index (χ0v) is 16.9. The molecule has 4 rings (SSSR count). The van der Waals surface area contributed by atoms with Gasteiger partial charge in [0.1, 0.15) is 24.7 Å². The van der Waals surface area contributed by atoms with Gasteiger partial charge in [-0.05, 0) is 24.3 Å². The smallest absolute Gasteiger partial charge is 0.338 e. The van der Waals surface area contributed by atoms with E-state index in [0.717, 1.165) is 0 Å². The Morgan fingerprint density at radius 1 is 1.13 bits per heavy atom. The summed E-state index contributed by atoms with van der Waals surface area (Å²) in [4.78, 5) is 16.7. The van der Waals surface area contributed by atoms with E-state index in [2.05, 4.69) is 10.1 Å². The van der Waals surface area contributed by atoms with Gasteiger partial charge >= 0.3 is 5.97 Å². The molecule has 0 radical (unpaired) electrons. The van der Waals surface area contributed by atoms with Gasteiger partial charge in [-0.1, -0.05) is 16.8 Å². The van der Waals surface area contributed by atoms with Crippen molar-refractivity contribution in [2.75, 3.05) is 27.4 Å². The number of benzene rings is 2. The number of ether oxygens (including phenoxy) is 5. The maximum atomic E-state index is 12.4. The molecule has 0 unspecified atom stereocenters. The highest BCUT2D eigenvalue weighted by Crippen LogP contribution is 2.38. The standard InChI is InChI=1S/C20H17ClN2O7/c1-25-12-3-4-13(15(9-12)26-2)19-22-17(30-23-19)10-29-20(24)11-7-14(21)18-16(8-11)27-5-6-28-18/h3-4,7-9H,5-6,10H2,1-2H3. The zero-order chi connectivity index (χ0) is 21.1. The van der Waals surface area contributed by atoms with Gasteiger partial charge in [-0.3, -0.25) is 0 Å². The monoisotopic (exact) mass is 432 g/mol. The van der Waals surface area contributed by atoms with Crippen LogP contribution in [0.15, 0.2) is 34.9 Å². The molecule has 0 fully saturated rings. The summed E-state index contributed by atoms with van der Waals surface area (Å²) in [5, 5.41) is 4.19. The molecule has 1 aliphatic rings. The molecule has 0 saturated carbocycles. The lowest BCUT2D eigenvalue weighted by molar-refractivity contribution is 0.0429. The molecule has 1 aromatic heterocycles. The van der Waals surface area contributed by atoms with Crippen molar-refractivity contribution >= 4 is 17.6 Å². The molecule has 0 aliphatic carbocycles. The molecular formula is C20H17ClN2O7. The minimum Gasteiger partial charge on any atom is -0.497 e. The van der Waals surface area contributed by atoms with Gasteiger partial charge in [-0.25, -0.2) is 4.79 Å². The molecule has 10 heteroatoms. The maximum Gasteiger partial charge on any atom is 0.338 e. The van der Waals surface area contributed by atoms with E-state index < -0.39 is 5.97 Å². The Morgan fingerprint density at radius 3 is 2.77 bits per heavy atom. The highest BCUT2D eigenvalue weighted by Gasteiger charge is 2.21. The van der Waals surface area contributed by atoms with E-state index in [0.29, 0.717) is 47.6 Å². The topological polar surface area (TPSA) is 102 Å². The van der Waals surface area contributed by atoms with Crippen molar-refractivity contribution in [2.24, 2.45) is 0 Å². The number of rotatable bonds is 6. The molecule has 9 nitrogen and oxygen atoms in total. The summed E-state index contributed by atoms with van der Waals surface area (Å²) >= 11 is 6.16. The molecule has 30 heavy (non-hydrogen) atoms. The van der Waals surface area contributed by atoms with E-state index in [1.165, 1.54) is 19.2 Å². The average Bonchev–Trinajstić information content (AvgIpc) is 3.25. The minimum atomic E-state index is -0.615. The van der Waals surface area contributed by atoms with Crippen LogP contribution < -0.4 is 18.9 Å². The third kappa shape index (κ3) is 3.97. The maximum absolute atomic E-state index is 12.4. The Hall–Kier alpha value is -3.46. The Bertz CT molecular complexity index is 1080. The van der Waals surface area contributed by atoms with Gasteiger partial charge < -0.3 is 28.2 Å². The van der Waals surface area contributed by atoms with E-state index >= 15 is 0 Å². The van der Waals surface area contributed by atoms with Crippen LogP contribution >= 0.6 is 11.6 Å². The molecule has 1 aliphatic heterocycles. The quantitative estimate of drug-likeness (QED) is 0.541. The third-order valence-corrected chi connectivity index (χ3v) is 4.56. The van der Waals surface area contributed by atoms with Gasteiger partial charge in [0.2, 0.25) is 5.82 Å². The Kier molecular flexibility index (Phi) is 5.62. The predicted octanol–water partition coefficient (Wildman–Crippen LogP) is 3.54. The number of carbonyl (C=O) groups excluding carboxylic acids is 1. The van der Waals surface area contributed by atoms with Crippen molar-refractivity contribution in [1.29, 1.82) is 0 Å². The molecule has 156 valence electrons. The van der Waals surface area contributed by atoms with Crippen LogP contribution in [0.25, 0.3) is 11.4 Å². The Labute approximate surface area is 176 Å². The van der Waals surface area contributed by atoms with Crippen LogP contribution in [0.5, 0.6) is 23.0 Å². The van der Waals surface area contributed by atoms with Gasteiger partial charge in [0.15, 0.2) is 18.1 Å². The summed E-state index contributed by atoms with van der Waals surface area (Å²) in [6.07, 6.45) is 0. The van der Waals surface area contributed by atoms with E-state index in [9.17, 15) is 4.79 Å². The molecular weight excluding hydrogens is 416 g/mol. The van der Waals surface area contributed by atoms with Crippen LogP contribution in [0.2, 0.25) is 5.02 Å². The lowest BCUT2D eigenvalue weighted by atomic mass is 10.2. The van der Waals surface area contributed by atoms with Crippen LogP contribution in [0.1, 0.15) is 16.2 Å². The first-order valence-corrected chi connectivity index (χ1v) is 9.28. The van der Waals surface area contributed by atoms with Crippen molar-refractivity contribution in [3.8, 4) is 34.4 Å². The number of methoxy groups -OCH3 is 2. The molecule has 0 amide bonds. The molecule has 0 N–H and O–H groups in total. The summed E-state index contributed by atoms with van der Waals surface area (Å²) in [7, 11) is 3.09. The van der Waals surface area contributed by atoms with Crippen molar-refractivity contribution < 1.29 is 33.0 Å². The number of hydrogen-bond donors (Lipinski definition) is 0. The fraction of sp³-hybridized carbons (Fsp3) is 0.250. The number of esters is 1. The molecule has 2 aromatic carbocycles. The summed E-state index contributed by atoms with van der Waals surface area (Å²) < 4.78 is 31.9. The first-order chi connectivity index (χ1) is 14.6. The Balaban J connectivity index is 1.46. The highest BCUT2D eigenvalue weighted by atomic mass is 35.5. The van der Waals surface area contributed by atoms with Crippen molar-refractivity contribution in [3.05, 3.63) is 46.8 Å². The lowest BCUT2D eigenvalue weighted by Gasteiger charge is -2.19. The first kappa shape index (κ1) is 19.8. The second kappa shape index (κ2) is 8.50. The van der Waals surface area contributed by atoms with Gasteiger partial charge in [0, 0.05) is 6.07 Å². The SMILES string of the molecule is COc1ccc(-c2noc(COC(=O)c3cc(Cl)c4c(c3)OCCO4)n2)c(OC)c1. The molecule has 0 saturated heterocycles. The fourth-order valence-corrected chi connectivity index (χ4v) is 3.11. The van der Waals surface area contributed by atoms with Gasteiger partial charge in [-0.2, -0.15) is 4.98 Å². The van der Waals surface area contributed by atoms with Gasteiger partial charge in [0.05, 0.1) is 30.4 Å². The zero-order valence-electron chi connectivity index (χ0n) is 16.1. The lowest BCUT2D eigenvalue weighted by Crippen LogP contribution is -2.16. The van der Waals surface area contributed by atoms with Crippen molar-refractivity contribution in [2.45, 2.75) is 6.61 Å². The third-order valence-electron chi connectivity index (χ3n) is 4.28. The number of halogens is 1. The Morgan fingerprint density at radius 2 is 1.97 bits per heavy atom. The summed E-state index contributed by atoms with van der Waals surface area (Å²) in [6.45, 7) is 0.562. The largest absolute Gasteiger partial charge is 0.497 e. The number of nitrogens with zero attached hydrogens (tertiary/aromatic N) is 2. The van der Waals surface area contributed by atoms with E-state index in [1.54, 1.807) is 25.3 Å². The molecule has 2 heterocycles. The van der Waals surface area contributed by atoms with Gasteiger partial charge in [-0.15, -0.1) is 0 Å². The van der Waals surface area contributed by atoms with Crippen LogP contribution in [0.3, 0.4) is 0 Å². The normalized spacial score (nSPS) is 12.4. The average molecular weight is 433 g/mol. The van der Waals surface area contributed by atoms with E-state index in [4.69, 9.17) is 39.8 Å². The number of aromatic nitrogens is 2. The molecule has 3 aromatic rings. The first-order valence-electron chi connectivity index (χ1n) is 8.90. The summed E-state index contributed by atoms with van der Waals surface area (Å²) in [5.74, 6) is 1.76. The fourth-order valence-electron chi connectivity index (χ4n) is 2.85. The summed E-state index contributed by atoms with van der Waals surface area (Å²) in [6, 6.07) is 8.18. The van der Waals surface area contributed by atoms with Crippen molar-refractivity contribution in [1.82, 2.24) is 10.1 Å². The number of hydrogen-bond acceptors (Lipinski definition) is 9. The van der Waals surface area contributed by atoms with Crippen LogP contribution in [0, 0.1) is 0 Å².